The summed E-state index contributed by atoms with van der Waals surface area (Å²) in [6.07, 6.45) is -2.15. The summed E-state index contributed by atoms with van der Waals surface area (Å²) in [4.78, 5) is 29.6. The van der Waals surface area contributed by atoms with Crippen LogP contribution < -0.4 is 0 Å². The van der Waals surface area contributed by atoms with Crippen LogP contribution in [0.2, 0.25) is 0 Å². The average molecular weight is 222 g/mol. The first-order valence-corrected chi connectivity index (χ1v) is 4.14. The molecule has 0 amide bonds. The second kappa shape index (κ2) is 10.3. The Labute approximate surface area is 86.9 Å². The van der Waals surface area contributed by atoms with Gasteiger partial charge in [-0.05, 0) is 13.8 Å². The summed E-state index contributed by atoms with van der Waals surface area (Å²) in [6, 6.07) is 0. The predicted molar refractivity (Wildman–Crippen MR) is 48.4 cm³/mol. The minimum absolute atomic E-state index is 0.214. The van der Waals surface area contributed by atoms with Gasteiger partial charge < -0.3 is 19.3 Å². The number of rotatable bonds is 2. The van der Waals surface area contributed by atoms with Gasteiger partial charge >= 0.3 is 18.3 Å². The highest BCUT2D eigenvalue weighted by Gasteiger charge is 2.03. The maximum absolute atomic E-state index is 10.2. The summed E-state index contributed by atoms with van der Waals surface area (Å²) in [7, 11) is 0. The molecule has 0 saturated heterocycles. The Morgan fingerprint density at radius 1 is 1.07 bits per heavy atom. The van der Waals surface area contributed by atoms with Crippen LogP contribution in [0.4, 0.5) is 9.59 Å². The zero-order valence-electron chi connectivity index (χ0n) is 8.81. The van der Waals surface area contributed by atoms with Crippen molar-refractivity contribution in [2.45, 2.75) is 20.8 Å². The summed E-state index contributed by atoms with van der Waals surface area (Å²) in [5, 5.41) is 7.69. The van der Waals surface area contributed by atoms with Crippen molar-refractivity contribution >= 4 is 18.3 Å². The maximum Gasteiger partial charge on any atom is 0.516 e. The van der Waals surface area contributed by atoms with Gasteiger partial charge in [-0.1, -0.05) is 0 Å². The van der Waals surface area contributed by atoms with E-state index in [2.05, 4.69) is 14.2 Å². The van der Waals surface area contributed by atoms with E-state index in [4.69, 9.17) is 5.11 Å². The van der Waals surface area contributed by atoms with Crippen LogP contribution in [0.3, 0.4) is 0 Å². The van der Waals surface area contributed by atoms with Crippen molar-refractivity contribution in [2.24, 2.45) is 0 Å². The van der Waals surface area contributed by atoms with Crippen molar-refractivity contribution in [3.63, 3.8) is 0 Å². The summed E-state index contributed by atoms with van der Waals surface area (Å²) >= 11 is 0. The number of ether oxygens (including phenoxy) is 3. The standard InChI is InChI=1S/C5H8O4.C3H6O3/c1-3-8-5(7)9-4(2)6;1-2-6-3(4)5/h3H2,1-2H3;2H2,1H3,(H,4,5). The molecule has 0 spiro atoms. The van der Waals surface area contributed by atoms with Crippen LogP contribution in [0.1, 0.15) is 20.8 Å². The zero-order chi connectivity index (χ0) is 12.3. The normalized spacial score (nSPS) is 7.93. The first-order valence-electron chi connectivity index (χ1n) is 4.14. The van der Waals surface area contributed by atoms with E-state index < -0.39 is 18.3 Å². The van der Waals surface area contributed by atoms with Crippen molar-refractivity contribution in [3.05, 3.63) is 0 Å². The third-order valence-corrected chi connectivity index (χ3v) is 0.757. The molecule has 0 aromatic heterocycles. The second-order valence-electron chi connectivity index (χ2n) is 1.98. The van der Waals surface area contributed by atoms with Gasteiger partial charge in [-0.15, -0.1) is 0 Å². The molecule has 0 fully saturated rings. The van der Waals surface area contributed by atoms with Crippen molar-refractivity contribution in [2.75, 3.05) is 13.2 Å². The minimum Gasteiger partial charge on any atom is -0.450 e. The Kier molecular flexibility index (Phi) is 10.8. The SMILES string of the molecule is CCOC(=O)O.CCOC(=O)OC(C)=O. The quantitative estimate of drug-likeness (QED) is 0.556. The molecule has 0 aromatic rings. The molecule has 0 aliphatic carbocycles. The number of esters is 1. The molecule has 1 N–H and O–H groups in total. The molecule has 0 unspecified atom stereocenters. The Hall–Kier alpha value is -1.79. The Morgan fingerprint density at radius 3 is 1.73 bits per heavy atom. The largest absolute Gasteiger partial charge is 0.516 e. The van der Waals surface area contributed by atoms with Crippen LogP contribution in [0.15, 0.2) is 0 Å². The van der Waals surface area contributed by atoms with E-state index in [0.29, 0.717) is 0 Å². The lowest BCUT2D eigenvalue weighted by molar-refractivity contribution is -0.137. The smallest absolute Gasteiger partial charge is 0.450 e. The average Bonchev–Trinajstić information content (AvgIpc) is 2.03. The van der Waals surface area contributed by atoms with Crippen molar-refractivity contribution in [1.82, 2.24) is 0 Å². The highest BCUT2D eigenvalue weighted by molar-refractivity contribution is 5.79. The number of carbonyl (C=O) groups is 3. The molecule has 0 heterocycles. The Balaban J connectivity index is 0. The highest BCUT2D eigenvalue weighted by Crippen LogP contribution is 1.83. The molecule has 88 valence electrons. The molecule has 7 heteroatoms. The van der Waals surface area contributed by atoms with Crippen LogP contribution in [0, 0.1) is 0 Å². The molecule has 0 saturated carbocycles. The van der Waals surface area contributed by atoms with E-state index in [1.54, 1.807) is 13.8 Å². The minimum atomic E-state index is -1.21. The summed E-state index contributed by atoms with van der Waals surface area (Å²) in [5.74, 6) is -0.659. The van der Waals surface area contributed by atoms with Crippen molar-refractivity contribution < 1.29 is 33.7 Å². The van der Waals surface area contributed by atoms with Gasteiger partial charge in [0.25, 0.3) is 0 Å². The summed E-state index contributed by atoms with van der Waals surface area (Å²) < 4.78 is 12.2. The van der Waals surface area contributed by atoms with E-state index in [9.17, 15) is 14.4 Å². The fourth-order valence-electron chi connectivity index (χ4n) is 0.388. The third kappa shape index (κ3) is 18.9. The molecular weight excluding hydrogens is 208 g/mol. The van der Waals surface area contributed by atoms with Gasteiger partial charge in [-0.25, -0.2) is 9.59 Å². The molecule has 0 aliphatic heterocycles. The van der Waals surface area contributed by atoms with Crippen LogP contribution in [-0.4, -0.2) is 36.6 Å². The molecule has 0 aliphatic rings. The number of carboxylic acid groups (broad SMARTS) is 1. The van der Waals surface area contributed by atoms with Gasteiger partial charge in [-0.2, -0.15) is 0 Å². The van der Waals surface area contributed by atoms with Gasteiger partial charge in [0.1, 0.15) is 0 Å². The van der Waals surface area contributed by atoms with Gasteiger partial charge in [0, 0.05) is 6.92 Å². The van der Waals surface area contributed by atoms with Crippen LogP contribution >= 0.6 is 0 Å². The lowest BCUT2D eigenvalue weighted by Gasteiger charge is -1.97. The first kappa shape index (κ1) is 15.7. The van der Waals surface area contributed by atoms with Crippen molar-refractivity contribution in [1.29, 1.82) is 0 Å². The van der Waals surface area contributed by atoms with E-state index in [-0.39, 0.29) is 13.2 Å². The van der Waals surface area contributed by atoms with Gasteiger partial charge in [0.05, 0.1) is 13.2 Å². The van der Waals surface area contributed by atoms with Crippen LogP contribution in [0.25, 0.3) is 0 Å². The number of hydrogen-bond acceptors (Lipinski definition) is 6. The van der Waals surface area contributed by atoms with Gasteiger partial charge in [-0.3, -0.25) is 4.79 Å². The van der Waals surface area contributed by atoms with E-state index in [1.165, 1.54) is 0 Å². The van der Waals surface area contributed by atoms with Crippen LogP contribution in [-0.2, 0) is 19.0 Å². The predicted octanol–water partition coefficient (Wildman–Crippen LogP) is 1.41. The lowest BCUT2D eigenvalue weighted by Crippen LogP contribution is -2.10. The summed E-state index contributed by atoms with van der Waals surface area (Å²) in [5.41, 5.74) is 0. The molecule has 0 aromatic carbocycles. The zero-order valence-corrected chi connectivity index (χ0v) is 8.81. The first-order chi connectivity index (χ1) is 6.93. The lowest BCUT2D eigenvalue weighted by atomic mass is 10.8. The van der Waals surface area contributed by atoms with E-state index >= 15 is 0 Å². The molecule has 0 radical (unpaired) electrons. The summed E-state index contributed by atoms with van der Waals surface area (Å²) in [6.45, 7) is 4.83. The van der Waals surface area contributed by atoms with Crippen molar-refractivity contribution in [3.8, 4) is 0 Å². The Bertz CT molecular complexity index is 211. The monoisotopic (exact) mass is 222 g/mol. The molecule has 7 nitrogen and oxygen atoms in total. The maximum atomic E-state index is 10.2. The van der Waals surface area contributed by atoms with E-state index in [0.717, 1.165) is 6.92 Å². The second-order valence-corrected chi connectivity index (χ2v) is 1.98. The molecule has 0 rings (SSSR count). The molecule has 0 atom stereocenters. The fraction of sp³-hybridized carbons (Fsp3) is 0.625. The third-order valence-electron chi connectivity index (χ3n) is 0.757. The topological polar surface area (TPSA) is 99.1 Å². The van der Waals surface area contributed by atoms with Gasteiger partial charge in [0.2, 0.25) is 0 Å². The number of hydrogen-bond donors (Lipinski definition) is 1. The van der Waals surface area contributed by atoms with E-state index in [1.807, 2.05) is 0 Å². The van der Waals surface area contributed by atoms with Gasteiger partial charge in [0.15, 0.2) is 0 Å². The fourth-order valence-corrected chi connectivity index (χ4v) is 0.388. The molecule has 0 bridgehead atoms. The van der Waals surface area contributed by atoms with Crippen LogP contribution in [0.5, 0.6) is 0 Å². The molecule has 15 heavy (non-hydrogen) atoms. The number of carbonyl (C=O) groups excluding carboxylic acids is 2. The highest BCUT2D eigenvalue weighted by atomic mass is 16.7. The molecular formula is C8H14O7. The Morgan fingerprint density at radius 2 is 1.53 bits per heavy atom.